The number of carboxylic acid groups (broad SMARTS) is 1. The summed E-state index contributed by atoms with van der Waals surface area (Å²) >= 11 is 12.2. The van der Waals surface area contributed by atoms with Gasteiger partial charge in [-0.05, 0) is 44.4 Å². The number of nitrogens with zero attached hydrogens (tertiary/aromatic N) is 4. The number of ketones is 1. The standard InChI is InChI=1S/C25H27Cl2F3N4O4/c1-23(2)8-18(23)33(12-17(35)19-15(26)10-31-11-16(19)27)21(36)14-9-32-34(20(14)25(28,29)30)13-4-6-24(3,7-5-13)22(37)38/h9-11,13,18H,4-8,12H2,1-3H3,(H,37,38)/t13?,18-,24?/m1/s1. The summed E-state index contributed by atoms with van der Waals surface area (Å²) in [5.41, 5.74) is -3.35. The Morgan fingerprint density at radius 2 is 1.66 bits per heavy atom. The monoisotopic (exact) mass is 574 g/mol. The summed E-state index contributed by atoms with van der Waals surface area (Å²) < 4.78 is 43.9. The maximum absolute atomic E-state index is 14.4. The number of rotatable bonds is 7. The van der Waals surface area contributed by atoms with Crippen LogP contribution in [0.2, 0.25) is 10.0 Å². The molecule has 1 N–H and O–H groups in total. The molecule has 2 saturated carbocycles. The number of hydrogen-bond acceptors (Lipinski definition) is 5. The summed E-state index contributed by atoms with van der Waals surface area (Å²) in [6.07, 6.45) is -0.406. The van der Waals surface area contributed by atoms with Gasteiger partial charge in [0.1, 0.15) is 0 Å². The second-order valence-corrected chi connectivity index (χ2v) is 11.8. The Bertz CT molecular complexity index is 1270. The van der Waals surface area contributed by atoms with E-state index in [9.17, 15) is 32.7 Å². The minimum atomic E-state index is -4.92. The number of aliphatic carboxylic acids is 1. The van der Waals surface area contributed by atoms with E-state index in [4.69, 9.17) is 23.2 Å². The van der Waals surface area contributed by atoms with Gasteiger partial charge in [0.2, 0.25) is 0 Å². The van der Waals surface area contributed by atoms with E-state index in [1.54, 1.807) is 6.92 Å². The largest absolute Gasteiger partial charge is 0.481 e. The number of aromatic nitrogens is 3. The van der Waals surface area contributed by atoms with Crippen LogP contribution in [0.1, 0.15) is 85.3 Å². The van der Waals surface area contributed by atoms with Crippen molar-refractivity contribution in [1.29, 1.82) is 0 Å². The lowest BCUT2D eigenvalue weighted by Crippen LogP contribution is -2.40. The zero-order valence-corrected chi connectivity index (χ0v) is 22.5. The second-order valence-electron chi connectivity index (χ2n) is 11.0. The van der Waals surface area contributed by atoms with Crippen LogP contribution in [0, 0.1) is 10.8 Å². The topological polar surface area (TPSA) is 105 Å². The maximum Gasteiger partial charge on any atom is 0.433 e. The van der Waals surface area contributed by atoms with Crippen LogP contribution in [0.25, 0.3) is 0 Å². The molecule has 0 unspecified atom stereocenters. The number of amides is 1. The Labute approximate surface area is 227 Å². The summed E-state index contributed by atoms with van der Waals surface area (Å²) in [6, 6.07) is -1.20. The van der Waals surface area contributed by atoms with E-state index in [0.717, 1.165) is 15.8 Å². The molecule has 0 aromatic carbocycles. The maximum atomic E-state index is 14.4. The van der Waals surface area contributed by atoms with Crippen LogP contribution in [-0.4, -0.2) is 55.0 Å². The Morgan fingerprint density at radius 1 is 1.11 bits per heavy atom. The van der Waals surface area contributed by atoms with Crippen molar-refractivity contribution in [3.63, 3.8) is 0 Å². The van der Waals surface area contributed by atoms with E-state index >= 15 is 0 Å². The predicted octanol–water partition coefficient (Wildman–Crippen LogP) is 5.93. The molecule has 38 heavy (non-hydrogen) atoms. The van der Waals surface area contributed by atoms with Gasteiger partial charge in [0.25, 0.3) is 5.91 Å². The zero-order chi connectivity index (χ0) is 28.2. The number of pyridine rings is 1. The van der Waals surface area contributed by atoms with Crippen molar-refractivity contribution in [2.24, 2.45) is 10.8 Å². The molecule has 0 saturated heterocycles. The van der Waals surface area contributed by atoms with Crippen LogP contribution in [0.3, 0.4) is 0 Å². The number of carboxylic acids is 1. The van der Waals surface area contributed by atoms with Gasteiger partial charge in [0.15, 0.2) is 11.5 Å². The Morgan fingerprint density at radius 3 is 2.13 bits per heavy atom. The molecule has 2 aromatic rings. The van der Waals surface area contributed by atoms with Gasteiger partial charge in [-0.15, -0.1) is 0 Å². The van der Waals surface area contributed by atoms with Crippen LogP contribution < -0.4 is 0 Å². The van der Waals surface area contributed by atoms with Gasteiger partial charge in [-0.2, -0.15) is 18.3 Å². The first-order valence-electron chi connectivity index (χ1n) is 12.1. The lowest BCUT2D eigenvalue weighted by Gasteiger charge is -2.34. The van der Waals surface area contributed by atoms with Gasteiger partial charge in [-0.1, -0.05) is 37.0 Å². The van der Waals surface area contributed by atoms with Crippen molar-refractivity contribution >= 4 is 40.9 Å². The fourth-order valence-corrected chi connectivity index (χ4v) is 5.71. The molecule has 2 heterocycles. The lowest BCUT2D eigenvalue weighted by molar-refractivity contribution is -0.152. The molecule has 4 rings (SSSR count). The van der Waals surface area contributed by atoms with Crippen LogP contribution in [-0.2, 0) is 11.0 Å². The van der Waals surface area contributed by atoms with E-state index < -0.39 is 64.6 Å². The molecule has 2 fully saturated rings. The van der Waals surface area contributed by atoms with Crippen molar-refractivity contribution in [2.75, 3.05) is 6.54 Å². The molecule has 0 radical (unpaired) electrons. The Hall–Kier alpha value is -2.66. The first-order chi connectivity index (χ1) is 17.6. The average Bonchev–Trinajstić information content (AvgIpc) is 3.22. The molecule has 0 spiro atoms. The molecule has 206 valence electrons. The highest BCUT2D eigenvalue weighted by molar-refractivity contribution is 6.39. The molecule has 1 atom stereocenters. The van der Waals surface area contributed by atoms with E-state index in [1.807, 2.05) is 13.8 Å². The van der Waals surface area contributed by atoms with Gasteiger partial charge >= 0.3 is 12.1 Å². The van der Waals surface area contributed by atoms with Gasteiger partial charge in [-0.25, -0.2) is 0 Å². The van der Waals surface area contributed by atoms with Crippen LogP contribution in [0.5, 0.6) is 0 Å². The van der Waals surface area contributed by atoms with E-state index in [0.29, 0.717) is 6.42 Å². The third kappa shape index (κ3) is 5.27. The van der Waals surface area contributed by atoms with Gasteiger partial charge in [-0.3, -0.25) is 24.0 Å². The molecule has 2 aliphatic carbocycles. The quantitative estimate of drug-likeness (QED) is 0.410. The molecular weight excluding hydrogens is 548 g/mol. The smallest absolute Gasteiger partial charge is 0.433 e. The van der Waals surface area contributed by atoms with E-state index in [-0.39, 0.29) is 41.3 Å². The Kier molecular flexibility index (Phi) is 7.33. The SMILES string of the molecule is CC1(C(=O)O)CCC(n2ncc(C(=O)N(CC(=O)c3c(Cl)cncc3Cl)[C@@H]3CC3(C)C)c2C(F)(F)F)CC1. The molecule has 2 aromatic heterocycles. The van der Waals surface area contributed by atoms with E-state index in [2.05, 4.69) is 10.1 Å². The molecular formula is C25H27Cl2F3N4O4. The molecule has 2 aliphatic rings. The molecule has 1 amide bonds. The first-order valence-corrected chi connectivity index (χ1v) is 12.8. The van der Waals surface area contributed by atoms with Gasteiger partial charge in [0, 0.05) is 18.4 Å². The van der Waals surface area contributed by atoms with Crippen molar-refractivity contribution < 1.29 is 32.7 Å². The number of hydrogen-bond donors (Lipinski definition) is 1. The first kappa shape index (κ1) is 28.4. The average molecular weight is 575 g/mol. The predicted molar refractivity (Wildman–Crippen MR) is 132 cm³/mol. The fraction of sp³-hybridized carbons (Fsp3) is 0.560. The summed E-state index contributed by atoms with van der Waals surface area (Å²) in [7, 11) is 0. The minimum Gasteiger partial charge on any atom is -0.481 e. The van der Waals surface area contributed by atoms with Crippen molar-refractivity contribution in [1.82, 2.24) is 19.7 Å². The Balaban J connectivity index is 1.68. The van der Waals surface area contributed by atoms with Crippen LogP contribution in [0.4, 0.5) is 13.2 Å². The summed E-state index contributed by atoms with van der Waals surface area (Å²) in [5.74, 6) is -2.59. The van der Waals surface area contributed by atoms with Gasteiger partial charge in [0.05, 0.1) is 45.4 Å². The normalized spacial score (nSPS) is 24.6. The number of halogens is 5. The second kappa shape index (κ2) is 9.82. The number of carbonyl (C=O) groups excluding carboxylic acids is 2. The van der Waals surface area contributed by atoms with Crippen molar-refractivity contribution in [2.45, 2.75) is 71.1 Å². The van der Waals surface area contributed by atoms with Crippen molar-refractivity contribution in [3.8, 4) is 0 Å². The third-order valence-electron chi connectivity index (χ3n) is 7.76. The molecule has 13 heteroatoms. The molecule has 8 nitrogen and oxygen atoms in total. The molecule has 0 bridgehead atoms. The third-order valence-corrected chi connectivity index (χ3v) is 8.33. The highest BCUT2D eigenvalue weighted by atomic mass is 35.5. The summed E-state index contributed by atoms with van der Waals surface area (Å²) in [6.45, 7) is 4.75. The van der Waals surface area contributed by atoms with Crippen LogP contribution in [0.15, 0.2) is 18.6 Å². The summed E-state index contributed by atoms with van der Waals surface area (Å²) in [5, 5.41) is 13.4. The van der Waals surface area contributed by atoms with Crippen molar-refractivity contribution in [3.05, 3.63) is 45.5 Å². The summed E-state index contributed by atoms with van der Waals surface area (Å²) in [4.78, 5) is 43.3. The number of Topliss-reactive ketones (excluding diaryl/α,β-unsaturated/α-hetero) is 1. The highest BCUT2D eigenvalue weighted by Crippen LogP contribution is 2.50. The number of carbonyl (C=O) groups is 3. The highest BCUT2D eigenvalue weighted by Gasteiger charge is 2.53. The lowest BCUT2D eigenvalue weighted by atomic mass is 9.74. The fourth-order valence-electron chi connectivity index (χ4n) is 5.14. The number of alkyl halides is 3. The zero-order valence-electron chi connectivity index (χ0n) is 21.0. The van der Waals surface area contributed by atoms with Gasteiger partial charge < -0.3 is 10.0 Å². The van der Waals surface area contributed by atoms with Crippen LogP contribution >= 0.6 is 23.2 Å². The minimum absolute atomic E-state index is 0.0283. The molecule has 0 aliphatic heterocycles. The van der Waals surface area contributed by atoms with E-state index in [1.165, 1.54) is 12.4 Å².